The molecule has 3 nitrogen and oxygen atoms in total. The average molecular weight is 216 g/mol. The first kappa shape index (κ1) is 10.7. The molecule has 0 saturated heterocycles. The Kier molecular flexibility index (Phi) is 2.26. The van der Waals surface area contributed by atoms with Crippen LogP contribution in [0.5, 0.6) is 0 Å². The molecule has 0 fully saturated rings. The Balaban J connectivity index is 2.68. The van der Waals surface area contributed by atoms with Crippen LogP contribution in [-0.4, -0.2) is 11.6 Å². The molecule has 1 aliphatic rings. The van der Waals surface area contributed by atoms with Crippen molar-refractivity contribution in [1.29, 1.82) is 0 Å². The standard InChI is InChI=1S/C13H16N2O/c1-9-5-4-6-10-7-8-13(2,3)15(11(9)10)12(14)16/h4-8H,1-3H3,(H2,14,16). The fraction of sp³-hybridized carbons (Fsp3) is 0.308. The van der Waals surface area contributed by atoms with E-state index in [2.05, 4.69) is 0 Å². The number of amides is 2. The summed E-state index contributed by atoms with van der Waals surface area (Å²) >= 11 is 0. The zero-order valence-electron chi connectivity index (χ0n) is 9.82. The molecule has 0 radical (unpaired) electrons. The molecule has 84 valence electrons. The molecule has 0 atom stereocenters. The Morgan fingerprint density at radius 1 is 1.38 bits per heavy atom. The van der Waals surface area contributed by atoms with Gasteiger partial charge in [-0.2, -0.15) is 0 Å². The SMILES string of the molecule is Cc1cccc2c1N(C(N)=O)C(C)(C)C=C2. The summed E-state index contributed by atoms with van der Waals surface area (Å²) < 4.78 is 0. The Morgan fingerprint density at radius 2 is 2.06 bits per heavy atom. The highest BCUT2D eigenvalue weighted by Crippen LogP contribution is 2.36. The molecule has 1 aliphatic heterocycles. The summed E-state index contributed by atoms with van der Waals surface area (Å²) in [7, 11) is 0. The number of urea groups is 1. The predicted molar refractivity (Wildman–Crippen MR) is 66.4 cm³/mol. The fourth-order valence-electron chi connectivity index (χ4n) is 2.17. The Bertz CT molecular complexity index is 475. The van der Waals surface area contributed by atoms with Gasteiger partial charge >= 0.3 is 6.03 Å². The number of para-hydroxylation sites is 1. The van der Waals surface area contributed by atoms with Gasteiger partial charge < -0.3 is 5.73 Å². The van der Waals surface area contributed by atoms with Crippen LogP contribution in [0.15, 0.2) is 24.3 Å². The van der Waals surface area contributed by atoms with Gasteiger partial charge in [0.15, 0.2) is 0 Å². The van der Waals surface area contributed by atoms with Crippen LogP contribution in [0.3, 0.4) is 0 Å². The molecule has 2 amide bonds. The smallest absolute Gasteiger partial charge is 0.320 e. The van der Waals surface area contributed by atoms with Crippen molar-refractivity contribution in [3.05, 3.63) is 35.4 Å². The Morgan fingerprint density at radius 3 is 2.69 bits per heavy atom. The van der Waals surface area contributed by atoms with Crippen LogP contribution in [0.2, 0.25) is 0 Å². The van der Waals surface area contributed by atoms with Gasteiger partial charge in [0.25, 0.3) is 0 Å². The molecule has 0 bridgehead atoms. The zero-order chi connectivity index (χ0) is 11.9. The van der Waals surface area contributed by atoms with Gasteiger partial charge in [-0.15, -0.1) is 0 Å². The van der Waals surface area contributed by atoms with Crippen molar-refractivity contribution < 1.29 is 4.79 Å². The second-order valence-electron chi connectivity index (χ2n) is 4.67. The van der Waals surface area contributed by atoms with Crippen molar-refractivity contribution >= 4 is 17.8 Å². The molecule has 0 unspecified atom stereocenters. The molecule has 0 spiro atoms. The van der Waals surface area contributed by atoms with Gasteiger partial charge in [0, 0.05) is 0 Å². The van der Waals surface area contributed by atoms with Crippen molar-refractivity contribution in [2.45, 2.75) is 26.3 Å². The van der Waals surface area contributed by atoms with Gasteiger partial charge in [0.1, 0.15) is 0 Å². The number of hydrogen-bond donors (Lipinski definition) is 1. The molecule has 1 heterocycles. The summed E-state index contributed by atoms with van der Waals surface area (Å²) in [5.41, 5.74) is 8.13. The van der Waals surface area contributed by atoms with Crippen LogP contribution in [-0.2, 0) is 0 Å². The van der Waals surface area contributed by atoms with E-state index in [0.717, 1.165) is 16.8 Å². The van der Waals surface area contributed by atoms with Crippen LogP contribution < -0.4 is 10.6 Å². The molecule has 1 aromatic carbocycles. The Hall–Kier alpha value is -1.77. The first-order valence-electron chi connectivity index (χ1n) is 5.32. The lowest BCUT2D eigenvalue weighted by atomic mass is 9.92. The number of nitrogens with zero attached hydrogens (tertiary/aromatic N) is 1. The van der Waals surface area contributed by atoms with Crippen molar-refractivity contribution in [2.75, 3.05) is 4.90 Å². The minimum atomic E-state index is -0.412. The van der Waals surface area contributed by atoms with Crippen LogP contribution in [0.25, 0.3) is 6.08 Å². The fourth-order valence-corrected chi connectivity index (χ4v) is 2.17. The largest absolute Gasteiger partial charge is 0.351 e. The summed E-state index contributed by atoms with van der Waals surface area (Å²) in [6, 6.07) is 5.55. The number of nitrogens with two attached hydrogens (primary N) is 1. The maximum atomic E-state index is 11.6. The van der Waals surface area contributed by atoms with Gasteiger partial charge in [-0.3, -0.25) is 4.90 Å². The second kappa shape index (κ2) is 3.37. The molecule has 3 heteroatoms. The predicted octanol–water partition coefficient (Wildman–Crippen LogP) is 2.69. The van der Waals surface area contributed by atoms with Gasteiger partial charge in [-0.05, 0) is 31.9 Å². The maximum absolute atomic E-state index is 11.6. The van der Waals surface area contributed by atoms with Crippen LogP contribution >= 0.6 is 0 Å². The second-order valence-corrected chi connectivity index (χ2v) is 4.67. The van der Waals surface area contributed by atoms with E-state index in [1.165, 1.54) is 0 Å². The van der Waals surface area contributed by atoms with Gasteiger partial charge in [-0.25, -0.2) is 4.79 Å². The number of hydrogen-bond acceptors (Lipinski definition) is 1. The molecule has 0 aromatic heterocycles. The maximum Gasteiger partial charge on any atom is 0.320 e. The number of aryl methyl sites for hydroxylation is 1. The highest BCUT2D eigenvalue weighted by molar-refractivity contribution is 5.97. The number of primary amides is 1. The van der Waals surface area contributed by atoms with E-state index in [0.29, 0.717) is 0 Å². The minimum absolute atomic E-state index is 0.370. The summed E-state index contributed by atoms with van der Waals surface area (Å²) in [6.07, 6.45) is 4.04. The lowest BCUT2D eigenvalue weighted by Crippen LogP contribution is -2.51. The number of benzene rings is 1. The molecular weight excluding hydrogens is 200 g/mol. The van der Waals surface area contributed by atoms with Crippen molar-refractivity contribution in [2.24, 2.45) is 5.73 Å². The summed E-state index contributed by atoms with van der Waals surface area (Å²) in [5, 5.41) is 0. The summed E-state index contributed by atoms with van der Waals surface area (Å²) in [5.74, 6) is 0. The van der Waals surface area contributed by atoms with Gasteiger partial charge in [0.2, 0.25) is 0 Å². The lowest BCUT2D eigenvalue weighted by Gasteiger charge is -2.39. The highest BCUT2D eigenvalue weighted by Gasteiger charge is 2.33. The highest BCUT2D eigenvalue weighted by atomic mass is 16.2. The van der Waals surface area contributed by atoms with E-state index in [1.807, 2.05) is 51.1 Å². The van der Waals surface area contributed by atoms with Crippen molar-refractivity contribution in [3.8, 4) is 0 Å². The number of rotatable bonds is 0. The van der Waals surface area contributed by atoms with E-state index in [-0.39, 0.29) is 5.54 Å². The monoisotopic (exact) mass is 216 g/mol. The first-order valence-corrected chi connectivity index (χ1v) is 5.32. The molecule has 2 N–H and O–H groups in total. The molecule has 0 aliphatic carbocycles. The van der Waals surface area contributed by atoms with Crippen LogP contribution in [0, 0.1) is 6.92 Å². The Labute approximate surface area is 95.6 Å². The number of carbonyl (C=O) groups excluding carboxylic acids is 1. The molecule has 1 aromatic rings. The number of anilines is 1. The van der Waals surface area contributed by atoms with E-state index >= 15 is 0 Å². The van der Waals surface area contributed by atoms with Crippen molar-refractivity contribution in [3.63, 3.8) is 0 Å². The third-order valence-corrected chi connectivity index (χ3v) is 2.96. The third kappa shape index (κ3) is 1.48. The summed E-state index contributed by atoms with van der Waals surface area (Å²) in [4.78, 5) is 13.2. The van der Waals surface area contributed by atoms with E-state index < -0.39 is 6.03 Å². The minimum Gasteiger partial charge on any atom is -0.351 e. The quantitative estimate of drug-likeness (QED) is 0.712. The van der Waals surface area contributed by atoms with Crippen LogP contribution in [0.1, 0.15) is 25.0 Å². The number of carbonyl (C=O) groups is 1. The number of fused-ring (bicyclic) bond motifs is 1. The van der Waals surface area contributed by atoms with Gasteiger partial charge in [0.05, 0.1) is 11.2 Å². The lowest BCUT2D eigenvalue weighted by molar-refractivity contribution is 0.250. The molecular formula is C13H16N2O. The van der Waals surface area contributed by atoms with Crippen molar-refractivity contribution in [1.82, 2.24) is 0 Å². The third-order valence-electron chi connectivity index (χ3n) is 2.96. The van der Waals surface area contributed by atoms with E-state index in [4.69, 9.17) is 5.73 Å². The average Bonchev–Trinajstić information content (AvgIpc) is 2.17. The zero-order valence-corrected chi connectivity index (χ0v) is 9.82. The van der Waals surface area contributed by atoms with Crippen LogP contribution in [0.4, 0.5) is 10.5 Å². The molecule has 0 saturated carbocycles. The topological polar surface area (TPSA) is 46.3 Å². The normalized spacial score (nSPS) is 17.1. The van der Waals surface area contributed by atoms with E-state index in [9.17, 15) is 4.79 Å². The van der Waals surface area contributed by atoms with E-state index in [1.54, 1.807) is 4.90 Å². The molecule has 2 rings (SSSR count). The summed E-state index contributed by atoms with van der Waals surface area (Å²) in [6.45, 7) is 5.94. The first-order chi connectivity index (χ1) is 7.43. The van der Waals surface area contributed by atoms with Gasteiger partial charge in [-0.1, -0.05) is 30.4 Å². The molecule has 16 heavy (non-hydrogen) atoms.